The van der Waals surface area contributed by atoms with E-state index in [-0.39, 0.29) is 5.82 Å². The Morgan fingerprint density at radius 2 is 2.20 bits per heavy atom. The van der Waals surface area contributed by atoms with Gasteiger partial charge in [0, 0.05) is 12.5 Å². The van der Waals surface area contributed by atoms with Crippen LogP contribution in [0.4, 0.5) is 4.39 Å². The molecule has 1 saturated heterocycles. The van der Waals surface area contributed by atoms with E-state index in [4.69, 9.17) is 0 Å². The first-order valence-corrected chi connectivity index (χ1v) is 8.22. The fourth-order valence-corrected chi connectivity index (χ4v) is 4.85. The molecule has 1 aliphatic carbocycles. The molecule has 2 aliphatic rings. The standard InChI is InChI=1S/C18H26FN/c1-2-15-7-3-4-9-18(15)10-11-20-13-17(18)14-6-5-8-16(19)12-14/h5-6,8,12,15,17,20H,2-4,7,9-11,13H2,1H3. The lowest BCUT2D eigenvalue weighted by Crippen LogP contribution is -2.49. The molecule has 3 atom stereocenters. The van der Waals surface area contributed by atoms with Crippen LogP contribution in [-0.4, -0.2) is 13.1 Å². The van der Waals surface area contributed by atoms with Crippen LogP contribution in [0.5, 0.6) is 0 Å². The molecule has 1 heterocycles. The van der Waals surface area contributed by atoms with Gasteiger partial charge in [0.25, 0.3) is 0 Å². The van der Waals surface area contributed by atoms with Crippen molar-refractivity contribution in [3.63, 3.8) is 0 Å². The summed E-state index contributed by atoms with van der Waals surface area (Å²) < 4.78 is 13.6. The predicted molar refractivity (Wildman–Crippen MR) is 81.3 cm³/mol. The van der Waals surface area contributed by atoms with Crippen LogP contribution >= 0.6 is 0 Å². The van der Waals surface area contributed by atoms with Crippen LogP contribution in [0.2, 0.25) is 0 Å². The average Bonchev–Trinajstić information content (AvgIpc) is 2.48. The summed E-state index contributed by atoms with van der Waals surface area (Å²) in [4.78, 5) is 0. The lowest BCUT2D eigenvalue weighted by molar-refractivity contribution is 0.0292. The van der Waals surface area contributed by atoms with E-state index in [2.05, 4.69) is 18.3 Å². The van der Waals surface area contributed by atoms with Crippen LogP contribution < -0.4 is 5.32 Å². The number of nitrogens with one attached hydrogen (secondary N) is 1. The Morgan fingerprint density at radius 3 is 3.00 bits per heavy atom. The first-order valence-electron chi connectivity index (χ1n) is 8.22. The van der Waals surface area contributed by atoms with Gasteiger partial charge in [-0.1, -0.05) is 38.3 Å². The second-order valence-electron chi connectivity index (χ2n) is 6.65. The van der Waals surface area contributed by atoms with Crippen LogP contribution in [0, 0.1) is 17.2 Å². The normalized spacial score (nSPS) is 34.3. The van der Waals surface area contributed by atoms with Gasteiger partial charge in [-0.15, -0.1) is 0 Å². The number of benzene rings is 1. The summed E-state index contributed by atoms with van der Waals surface area (Å²) in [7, 11) is 0. The van der Waals surface area contributed by atoms with Crippen molar-refractivity contribution in [1.29, 1.82) is 0 Å². The number of halogens is 1. The van der Waals surface area contributed by atoms with Crippen LogP contribution in [0.1, 0.15) is 56.9 Å². The maximum absolute atomic E-state index is 13.6. The fraction of sp³-hybridized carbons (Fsp3) is 0.667. The van der Waals surface area contributed by atoms with E-state index in [9.17, 15) is 4.39 Å². The second kappa shape index (κ2) is 5.85. The summed E-state index contributed by atoms with van der Waals surface area (Å²) in [6, 6.07) is 7.33. The molecule has 1 spiro atoms. The number of piperidine rings is 1. The minimum Gasteiger partial charge on any atom is -0.316 e. The smallest absolute Gasteiger partial charge is 0.123 e. The first-order chi connectivity index (χ1) is 9.76. The quantitative estimate of drug-likeness (QED) is 0.838. The van der Waals surface area contributed by atoms with E-state index >= 15 is 0 Å². The highest BCUT2D eigenvalue weighted by atomic mass is 19.1. The van der Waals surface area contributed by atoms with Crippen LogP contribution in [-0.2, 0) is 0 Å². The van der Waals surface area contributed by atoms with Crippen molar-refractivity contribution < 1.29 is 4.39 Å². The minimum absolute atomic E-state index is 0.0907. The molecule has 0 radical (unpaired) electrons. The van der Waals surface area contributed by atoms with Crippen molar-refractivity contribution in [2.75, 3.05) is 13.1 Å². The minimum atomic E-state index is -0.0907. The van der Waals surface area contributed by atoms with Crippen molar-refractivity contribution in [3.8, 4) is 0 Å². The Morgan fingerprint density at radius 1 is 1.30 bits per heavy atom. The van der Waals surface area contributed by atoms with Gasteiger partial charge >= 0.3 is 0 Å². The van der Waals surface area contributed by atoms with Crippen molar-refractivity contribution in [3.05, 3.63) is 35.6 Å². The Hall–Kier alpha value is -0.890. The van der Waals surface area contributed by atoms with Gasteiger partial charge in [-0.2, -0.15) is 0 Å². The second-order valence-corrected chi connectivity index (χ2v) is 6.65. The van der Waals surface area contributed by atoms with Crippen LogP contribution in [0.3, 0.4) is 0 Å². The van der Waals surface area contributed by atoms with Crippen LogP contribution in [0.25, 0.3) is 0 Å². The molecule has 0 aromatic heterocycles. The van der Waals surface area contributed by atoms with E-state index < -0.39 is 0 Å². The number of hydrogen-bond donors (Lipinski definition) is 1. The first kappa shape index (κ1) is 14.1. The van der Waals surface area contributed by atoms with Gasteiger partial charge in [0.05, 0.1) is 0 Å². The number of rotatable bonds is 2. The van der Waals surface area contributed by atoms with Gasteiger partial charge in [0.15, 0.2) is 0 Å². The molecule has 3 unspecified atom stereocenters. The highest BCUT2D eigenvalue weighted by molar-refractivity contribution is 5.25. The lowest BCUT2D eigenvalue weighted by Gasteiger charge is -2.52. The summed E-state index contributed by atoms with van der Waals surface area (Å²) in [5, 5.41) is 3.55. The highest BCUT2D eigenvalue weighted by Gasteiger charge is 2.47. The van der Waals surface area contributed by atoms with Crippen molar-refractivity contribution in [2.24, 2.45) is 11.3 Å². The molecular weight excluding hydrogens is 249 g/mol. The lowest BCUT2D eigenvalue weighted by atomic mass is 9.55. The zero-order chi connectivity index (χ0) is 14.0. The van der Waals surface area contributed by atoms with Crippen molar-refractivity contribution in [1.82, 2.24) is 5.32 Å². The highest BCUT2D eigenvalue weighted by Crippen LogP contribution is 2.55. The molecule has 20 heavy (non-hydrogen) atoms. The Kier molecular flexibility index (Phi) is 4.11. The van der Waals surface area contributed by atoms with Crippen molar-refractivity contribution >= 4 is 0 Å². The summed E-state index contributed by atoms with van der Waals surface area (Å²) >= 11 is 0. The molecule has 1 nitrogen and oxygen atoms in total. The molecule has 0 amide bonds. The van der Waals surface area contributed by atoms with Gasteiger partial charge in [0.2, 0.25) is 0 Å². The topological polar surface area (TPSA) is 12.0 Å². The third kappa shape index (κ3) is 2.39. The molecule has 110 valence electrons. The molecule has 1 saturated carbocycles. The maximum atomic E-state index is 13.6. The summed E-state index contributed by atoms with van der Waals surface area (Å²) in [5.41, 5.74) is 1.61. The molecule has 2 heteroatoms. The third-order valence-corrected chi connectivity index (χ3v) is 5.81. The molecular formula is C18H26FN. The zero-order valence-corrected chi connectivity index (χ0v) is 12.5. The summed E-state index contributed by atoms with van der Waals surface area (Å²) in [6.07, 6.45) is 7.95. The average molecular weight is 275 g/mol. The van der Waals surface area contributed by atoms with Gasteiger partial charge in [-0.3, -0.25) is 0 Å². The van der Waals surface area contributed by atoms with E-state index in [1.807, 2.05) is 6.07 Å². The Balaban J connectivity index is 1.97. The predicted octanol–water partition coefficient (Wildman–Crippen LogP) is 4.49. The molecule has 1 N–H and O–H groups in total. The van der Waals surface area contributed by atoms with Gasteiger partial charge in [0.1, 0.15) is 5.82 Å². The molecule has 3 rings (SSSR count). The van der Waals surface area contributed by atoms with Crippen LogP contribution in [0.15, 0.2) is 24.3 Å². The SMILES string of the molecule is CCC1CCCCC12CCNCC2c1cccc(F)c1. The zero-order valence-electron chi connectivity index (χ0n) is 12.5. The molecule has 1 aromatic rings. The Bertz CT molecular complexity index is 452. The Labute approximate surface area is 122 Å². The monoisotopic (exact) mass is 275 g/mol. The molecule has 1 aromatic carbocycles. The molecule has 2 fully saturated rings. The summed E-state index contributed by atoms with van der Waals surface area (Å²) in [5.74, 6) is 1.20. The van der Waals surface area contributed by atoms with Gasteiger partial charge in [-0.25, -0.2) is 4.39 Å². The largest absolute Gasteiger partial charge is 0.316 e. The summed E-state index contributed by atoms with van der Waals surface area (Å²) in [6.45, 7) is 4.48. The van der Waals surface area contributed by atoms with E-state index in [0.717, 1.165) is 19.0 Å². The van der Waals surface area contributed by atoms with Crippen molar-refractivity contribution in [2.45, 2.75) is 51.4 Å². The maximum Gasteiger partial charge on any atom is 0.123 e. The van der Waals surface area contributed by atoms with Gasteiger partial charge < -0.3 is 5.32 Å². The van der Waals surface area contributed by atoms with E-state index in [1.165, 1.54) is 44.1 Å². The number of hydrogen-bond acceptors (Lipinski definition) is 1. The van der Waals surface area contributed by atoms with E-state index in [1.54, 1.807) is 12.1 Å². The molecule has 0 bridgehead atoms. The van der Waals surface area contributed by atoms with Gasteiger partial charge in [-0.05, 0) is 54.8 Å². The fourth-order valence-electron chi connectivity index (χ4n) is 4.85. The van der Waals surface area contributed by atoms with E-state index in [0.29, 0.717) is 11.3 Å². The third-order valence-electron chi connectivity index (χ3n) is 5.81. The molecule has 1 aliphatic heterocycles.